The molecule has 254 valence electrons. The molecule has 1 heterocycles. The molecule has 0 aliphatic heterocycles. The maximum absolute atomic E-state index is 13.4. The van der Waals surface area contributed by atoms with E-state index in [2.05, 4.69) is 36.6 Å². The van der Waals surface area contributed by atoms with E-state index < -0.39 is 54.4 Å². The Bertz CT molecular complexity index is 1070. The number of aromatic nitrogens is 2. The van der Waals surface area contributed by atoms with Gasteiger partial charge in [-0.1, -0.05) is 0 Å². The number of aliphatic hydroxyl groups is 2. The van der Waals surface area contributed by atoms with Gasteiger partial charge in [0.25, 0.3) is 0 Å². The van der Waals surface area contributed by atoms with Crippen LogP contribution in [0, 0.1) is 11.3 Å². The molecule has 1 aromatic rings. The first-order chi connectivity index (χ1) is 21.5. The average molecular weight is 640 g/mol. The van der Waals surface area contributed by atoms with Crippen LogP contribution in [-0.4, -0.2) is 113 Å². The molecular formula is C27H49N11O7. The van der Waals surface area contributed by atoms with E-state index in [1.54, 1.807) is 6.20 Å². The predicted octanol–water partition coefficient (Wildman–Crippen LogP) is -4.02. The second-order valence-electron chi connectivity index (χ2n) is 11.2. The number of aromatic amines is 1. The Balaban J connectivity index is 1.96. The molecule has 0 aromatic carbocycles. The van der Waals surface area contributed by atoms with Crippen LogP contribution in [0.1, 0.15) is 50.6 Å². The number of primary amides is 1. The number of H-pyrrole nitrogens is 1. The second kappa shape index (κ2) is 20.2. The number of rotatable bonds is 21. The van der Waals surface area contributed by atoms with Crippen molar-refractivity contribution >= 4 is 29.6 Å². The molecule has 0 spiro atoms. The van der Waals surface area contributed by atoms with Crippen LogP contribution in [-0.2, 0) is 30.3 Å². The third-order valence-electron chi connectivity index (χ3n) is 7.43. The molecule has 0 unspecified atom stereocenters. The Morgan fingerprint density at radius 2 is 1.82 bits per heavy atom. The van der Waals surface area contributed by atoms with Crippen LogP contribution < -0.4 is 43.8 Å². The largest absolute Gasteiger partial charge is 0.394 e. The number of nitrogens with one attached hydrogen (secondary N) is 7. The first-order valence-corrected chi connectivity index (χ1v) is 15.1. The third-order valence-corrected chi connectivity index (χ3v) is 7.43. The fourth-order valence-electron chi connectivity index (χ4n) is 4.91. The maximum Gasteiger partial charge on any atom is 0.242 e. The van der Waals surface area contributed by atoms with Gasteiger partial charge in [0, 0.05) is 19.2 Å². The quantitative estimate of drug-likeness (QED) is 0.0265. The van der Waals surface area contributed by atoms with Gasteiger partial charge in [-0.2, -0.15) is 0 Å². The Hall–Kier alpha value is -3.84. The van der Waals surface area contributed by atoms with Gasteiger partial charge in [-0.15, -0.1) is 0 Å². The molecule has 1 aliphatic carbocycles. The van der Waals surface area contributed by atoms with Gasteiger partial charge in [0.2, 0.25) is 23.6 Å². The van der Waals surface area contributed by atoms with Crippen LogP contribution in [0.5, 0.6) is 0 Å². The van der Waals surface area contributed by atoms with Gasteiger partial charge in [-0.05, 0) is 50.9 Å². The van der Waals surface area contributed by atoms with E-state index in [1.165, 1.54) is 6.33 Å². The highest BCUT2D eigenvalue weighted by Gasteiger charge is 2.26. The van der Waals surface area contributed by atoms with Crippen LogP contribution in [0.2, 0.25) is 0 Å². The summed E-state index contributed by atoms with van der Waals surface area (Å²) in [6, 6.07) is -3.40. The van der Waals surface area contributed by atoms with Gasteiger partial charge in [0.05, 0.1) is 56.7 Å². The summed E-state index contributed by atoms with van der Waals surface area (Å²) < 4.78 is 5.57. The highest BCUT2D eigenvalue weighted by atomic mass is 16.5. The normalized spacial score (nSPS) is 19.0. The third kappa shape index (κ3) is 15.1. The first-order valence-electron chi connectivity index (χ1n) is 15.1. The van der Waals surface area contributed by atoms with Gasteiger partial charge in [-0.25, -0.2) is 4.98 Å². The van der Waals surface area contributed by atoms with E-state index in [0.29, 0.717) is 31.4 Å². The number of imidazole rings is 1. The fourth-order valence-corrected chi connectivity index (χ4v) is 4.91. The van der Waals surface area contributed by atoms with Crippen molar-refractivity contribution in [3.63, 3.8) is 0 Å². The predicted molar refractivity (Wildman–Crippen MR) is 163 cm³/mol. The zero-order chi connectivity index (χ0) is 33.2. The number of hydrogen-bond acceptors (Lipinski definition) is 11. The van der Waals surface area contributed by atoms with E-state index in [1.807, 2.05) is 0 Å². The molecule has 2 rings (SSSR count). The number of nitrogens with zero attached hydrogens (tertiary/aromatic N) is 1. The minimum atomic E-state index is -1.00. The van der Waals surface area contributed by atoms with Crippen LogP contribution in [0.25, 0.3) is 0 Å². The van der Waals surface area contributed by atoms with E-state index in [0.717, 1.165) is 12.8 Å². The van der Waals surface area contributed by atoms with E-state index in [-0.39, 0.29) is 57.3 Å². The number of aliphatic hydroxyl groups excluding tert-OH is 2. The molecule has 1 aromatic heterocycles. The number of nitrogens with two attached hydrogens (primary N) is 3. The van der Waals surface area contributed by atoms with Crippen molar-refractivity contribution in [3.05, 3.63) is 18.2 Å². The molecule has 4 atom stereocenters. The van der Waals surface area contributed by atoms with Gasteiger partial charge >= 0.3 is 0 Å². The number of carbonyl (C=O) groups is 4. The van der Waals surface area contributed by atoms with Crippen LogP contribution in [0.15, 0.2) is 12.5 Å². The smallest absolute Gasteiger partial charge is 0.242 e. The van der Waals surface area contributed by atoms with Crippen molar-refractivity contribution in [2.24, 2.45) is 23.1 Å². The number of amides is 4. The molecular weight excluding hydrogens is 590 g/mol. The number of guanidine groups is 1. The van der Waals surface area contributed by atoms with Crippen molar-refractivity contribution in [2.75, 3.05) is 33.0 Å². The Morgan fingerprint density at radius 1 is 1.09 bits per heavy atom. The van der Waals surface area contributed by atoms with Crippen molar-refractivity contribution in [1.82, 2.24) is 36.6 Å². The summed E-state index contributed by atoms with van der Waals surface area (Å²) in [5, 5.41) is 39.6. The highest BCUT2D eigenvalue weighted by molar-refractivity contribution is 5.91. The van der Waals surface area contributed by atoms with Gasteiger partial charge in [-0.3, -0.25) is 29.9 Å². The highest BCUT2D eigenvalue weighted by Crippen LogP contribution is 2.27. The summed E-state index contributed by atoms with van der Waals surface area (Å²) in [5.74, 6) is -2.34. The van der Waals surface area contributed by atoms with Gasteiger partial charge in [0.15, 0.2) is 5.96 Å². The Morgan fingerprint density at radius 3 is 2.44 bits per heavy atom. The molecule has 15 N–H and O–H groups in total. The maximum atomic E-state index is 13.4. The van der Waals surface area contributed by atoms with Crippen molar-refractivity contribution < 1.29 is 34.1 Å². The van der Waals surface area contributed by atoms with E-state index in [9.17, 15) is 29.4 Å². The molecule has 18 nitrogen and oxygen atoms in total. The molecule has 18 heteroatoms. The van der Waals surface area contributed by atoms with Crippen molar-refractivity contribution in [3.8, 4) is 0 Å². The summed E-state index contributed by atoms with van der Waals surface area (Å²) in [6.45, 7) is -0.756. The number of ether oxygens (including phenoxy) is 1. The van der Waals surface area contributed by atoms with Crippen LogP contribution in [0.3, 0.4) is 0 Å². The molecule has 1 saturated carbocycles. The molecule has 45 heavy (non-hydrogen) atoms. The molecule has 0 bridgehead atoms. The summed E-state index contributed by atoms with van der Waals surface area (Å²) in [6.07, 6.45) is 7.06. The summed E-state index contributed by atoms with van der Waals surface area (Å²) in [7, 11) is 0. The second-order valence-corrected chi connectivity index (χ2v) is 11.2. The molecule has 4 amide bonds. The van der Waals surface area contributed by atoms with Crippen LogP contribution >= 0.6 is 0 Å². The summed E-state index contributed by atoms with van der Waals surface area (Å²) in [5.41, 5.74) is 17.2. The molecule has 0 radical (unpaired) electrons. The monoisotopic (exact) mass is 639 g/mol. The zero-order valence-corrected chi connectivity index (χ0v) is 25.4. The molecule has 0 saturated heterocycles. The SMILES string of the molecule is N=C(N)NCCC[C@H](NC(=O)CNC(=O)[C@@H](N)CC1CCC(O)CC1)C(=O)N[C@@H](COCN[C@@H](CO)C(N)=O)Cc1c[nH]cn1. The summed E-state index contributed by atoms with van der Waals surface area (Å²) in [4.78, 5) is 57.1. The van der Waals surface area contributed by atoms with Gasteiger partial charge in [0.1, 0.15) is 12.1 Å². The minimum Gasteiger partial charge on any atom is -0.394 e. The number of hydrogen-bond donors (Lipinski definition) is 12. The minimum absolute atomic E-state index is 0.0109. The lowest BCUT2D eigenvalue weighted by Crippen LogP contribution is -2.54. The van der Waals surface area contributed by atoms with Crippen molar-refractivity contribution in [1.29, 1.82) is 5.41 Å². The Labute approximate surface area is 261 Å². The Kier molecular flexibility index (Phi) is 16.8. The fraction of sp³-hybridized carbons (Fsp3) is 0.704. The lowest BCUT2D eigenvalue weighted by Gasteiger charge is -2.27. The first kappa shape index (κ1) is 37.3. The lowest BCUT2D eigenvalue weighted by atomic mass is 9.83. The topological polar surface area (TPSA) is 309 Å². The standard InChI is InChI=1S/C27H49N11O7/c28-20(8-16-3-5-19(40)6-4-16)25(43)34-11-23(41)38-21(2-1-7-33-27(30)31)26(44)37-18(9-17-10-32-14-35-17)13-45-15-36-22(12-39)24(29)42/h10,14,16,18-22,36,39-40H,1-9,11-13,15,28H2,(H2,29,42)(H,32,35)(H,34,43)(H,37,44)(H,38,41)(H4,30,31,33)/t16?,18-,19?,20+,21+,22+/m1/s1. The van der Waals surface area contributed by atoms with E-state index in [4.69, 9.17) is 27.3 Å². The molecule has 1 aliphatic rings. The summed E-state index contributed by atoms with van der Waals surface area (Å²) >= 11 is 0. The van der Waals surface area contributed by atoms with Gasteiger partial charge < -0.3 is 58.4 Å². The average Bonchev–Trinajstić information content (AvgIpc) is 3.51. The number of carbonyl (C=O) groups excluding carboxylic acids is 4. The zero-order valence-electron chi connectivity index (χ0n) is 25.4. The van der Waals surface area contributed by atoms with Crippen LogP contribution in [0.4, 0.5) is 0 Å². The lowest BCUT2D eigenvalue weighted by molar-refractivity contribution is -0.130. The van der Waals surface area contributed by atoms with E-state index >= 15 is 0 Å². The van der Waals surface area contributed by atoms with Crippen molar-refractivity contribution in [2.45, 2.75) is 81.6 Å². The molecule has 1 fully saturated rings.